The van der Waals surface area contributed by atoms with Crippen LogP contribution in [0.25, 0.3) is 10.8 Å². The van der Waals surface area contributed by atoms with E-state index in [0.717, 1.165) is 39.2 Å². The minimum Gasteiger partial charge on any atom is -0.508 e. The highest BCUT2D eigenvalue weighted by atomic mass is 16.5. The zero-order chi connectivity index (χ0) is 47.4. The molecule has 5 aromatic rings. The molecule has 4 bridgehead atoms. The number of aromatic nitrogens is 2. The molecule has 0 fully saturated rings. The number of esters is 1. The number of hydrogen-bond acceptors (Lipinski definition) is 11. The summed E-state index contributed by atoms with van der Waals surface area (Å²) < 4.78 is 13.3. The lowest BCUT2D eigenvalue weighted by molar-refractivity contribution is -0.148. The maximum atomic E-state index is 14.6. The Kier molecular flexibility index (Phi) is 13.8. The van der Waals surface area contributed by atoms with Gasteiger partial charge in [0.2, 0.25) is 5.75 Å². The van der Waals surface area contributed by atoms with E-state index in [0.29, 0.717) is 55.3 Å². The summed E-state index contributed by atoms with van der Waals surface area (Å²) in [5.41, 5.74) is 5.69. The molecular formula is C54H60N4O9. The lowest BCUT2D eigenvalue weighted by Gasteiger charge is -2.38. The van der Waals surface area contributed by atoms with Crippen LogP contribution >= 0.6 is 0 Å². The van der Waals surface area contributed by atoms with Crippen LogP contribution in [0.3, 0.4) is 0 Å². The monoisotopic (exact) mass is 908 g/mol. The molecule has 4 heterocycles. The van der Waals surface area contributed by atoms with Crippen molar-refractivity contribution in [3.05, 3.63) is 149 Å². The van der Waals surface area contributed by atoms with Crippen LogP contribution in [0, 0.1) is 11.3 Å². The molecule has 0 saturated carbocycles. The first-order valence-corrected chi connectivity index (χ1v) is 23.0. The molecule has 2 aliphatic heterocycles. The van der Waals surface area contributed by atoms with E-state index in [1.165, 1.54) is 20.1 Å². The summed E-state index contributed by atoms with van der Waals surface area (Å²) in [6, 6.07) is 13.4. The molecule has 2 aromatic heterocycles. The SMILES string of the molecule is COc1cc(C2CC(=O)CC(OC(C)=O)CCC3(C=CC=CC3C)Cc3c[nH]cc3CC(c3cccc(O)c3)C3=CCNC(=C3)N(CCC(C)=O)c3ccc(CO)c4cn2cc34)cc(O)c1O. The molecule has 6 N–H and O–H groups in total. The number of rotatable bonds is 8. The van der Waals surface area contributed by atoms with Crippen molar-refractivity contribution in [1.82, 2.24) is 14.9 Å². The van der Waals surface area contributed by atoms with Gasteiger partial charge in [-0.25, -0.2) is 0 Å². The van der Waals surface area contributed by atoms with E-state index in [2.05, 4.69) is 71.0 Å². The number of benzene rings is 3. The predicted molar refractivity (Wildman–Crippen MR) is 257 cm³/mol. The van der Waals surface area contributed by atoms with Gasteiger partial charge in [-0.15, -0.1) is 0 Å². The number of phenolic OH excluding ortho intramolecular Hbond substituents is 3. The highest BCUT2D eigenvalue weighted by Crippen LogP contribution is 2.45. The number of methoxy groups -OCH3 is 1. The maximum absolute atomic E-state index is 14.6. The van der Waals surface area contributed by atoms with Crippen LogP contribution in [-0.4, -0.2) is 73.8 Å². The van der Waals surface area contributed by atoms with Crippen molar-refractivity contribution in [1.29, 1.82) is 0 Å². The Labute approximate surface area is 390 Å². The minimum atomic E-state index is -0.758. The molecule has 3 aromatic carbocycles. The summed E-state index contributed by atoms with van der Waals surface area (Å²) in [5.74, 6) is -0.662. The number of allylic oxidation sites excluding steroid dienone is 6. The number of phenols is 3. The second-order valence-electron chi connectivity index (χ2n) is 18.3. The second kappa shape index (κ2) is 19.9. The third kappa shape index (κ3) is 10.1. The van der Waals surface area contributed by atoms with Crippen LogP contribution in [0.4, 0.5) is 5.69 Å². The van der Waals surface area contributed by atoms with Gasteiger partial charge >= 0.3 is 5.97 Å². The molecule has 3 aliphatic rings. The summed E-state index contributed by atoms with van der Waals surface area (Å²) >= 11 is 0. The van der Waals surface area contributed by atoms with Crippen LogP contribution in [-0.2, 0) is 38.6 Å². The lowest BCUT2D eigenvalue weighted by Crippen LogP contribution is -2.35. The van der Waals surface area contributed by atoms with Gasteiger partial charge in [-0.1, -0.05) is 55.5 Å². The van der Waals surface area contributed by atoms with Crippen LogP contribution in [0.1, 0.15) is 92.7 Å². The molecule has 5 atom stereocenters. The zero-order valence-corrected chi connectivity index (χ0v) is 38.5. The van der Waals surface area contributed by atoms with E-state index < -0.39 is 29.6 Å². The van der Waals surface area contributed by atoms with E-state index in [-0.39, 0.29) is 66.2 Å². The third-order valence-corrected chi connectivity index (χ3v) is 13.8. The second-order valence-corrected chi connectivity index (χ2v) is 18.3. The van der Waals surface area contributed by atoms with Gasteiger partial charge in [-0.2, -0.15) is 0 Å². The summed E-state index contributed by atoms with van der Waals surface area (Å²) in [5, 5.41) is 48.2. The highest BCUT2D eigenvalue weighted by Gasteiger charge is 2.37. The van der Waals surface area contributed by atoms with Crippen LogP contribution in [0.15, 0.2) is 121 Å². The number of dihydropyridines is 1. The Morgan fingerprint density at radius 1 is 0.940 bits per heavy atom. The summed E-state index contributed by atoms with van der Waals surface area (Å²) in [6.07, 6.45) is 22.4. The highest BCUT2D eigenvalue weighted by molar-refractivity contribution is 5.97. The molecule has 8 rings (SSSR count). The number of H-pyrrole nitrogens is 1. The van der Waals surface area contributed by atoms with Gasteiger partial charge in [-0.05, 0) is 114 Å². The smallest absolute Gasteiger partial charge is 0.302 e. The fourth-order valence-corrected chi connectivity index (χ4v) is 10.2. The molecule has 0 amide bonds. The standard InChI is InChI=1S/C54H60N4O9/c1-33-8-5-6-16-54(33)17-13-44(67-35(3)61)25-43(63)26-49(39-22-50(64)53(65)51(23-39)66-4)57-30-46-38(32-59)11-12-48(47(46)31-57)58(19-15-34(2)60)52-24-37(14-18-56-52)45(36-9-7-10-42(62)20-36)21-40-28-55-29-41(40)27-54/h5-12,14,16,20,22-24,28-31,33,44-45,49,55-56,59,62,64-65H,13,15,17-19,21,25-27,32H2,1-4H3. The van der Waals surface area contributed by atoms with Crippen molar-refractivity contribution in [2.24, 2.45) is 11.3 Å². The average Bonchev–Trinajstić information content (AvgIpc) is 3.95. The number of aromatic amines is 1. The van der Waals surface area contributed by atoms with Gasteiger partial charge < -0.3 is 49.7 Å². The van der Waals surface area contributed by atoms with Gasteiger partial charge in [-0.3, -0.25) is 14.4 Å². The fourth-order valence-electron chi connectivity index (χ4n) is 10.2. The number of aliphatic hydroxyl groups is 1. The number of anilines is 1. The van der Waals surface area contributed by atoms with E-state index in [4.69, 9.17) is 9.47 Å². The Morgan fingerprint density at radius 3 is 2.49 bits per heavy atom. The molecule has 350 valence electrons. The zero-order valence-electron chi connectivity index (χ0n) is 38.5. The number of ether oxygens (including phenoxy) is 2. The van der Waals surface area contributed by atoms with Gasteiger partial charge in [0.05, 0.1) is 25.4 Å². The number of nitrogens with zero attached hydrogens (tertiary/aromatic N) is 2. The predicted octanol–water partition coefficient (Wildman–Crippen LogP) is 8.73. The minimum absolute atomic E-state index is 0.00931. The first-order valence-electron chi connectivity index (χ1n) is 23.0. The Morgan fingerprint density at radius 2 is 1.75 bits per heavy atom. The van der Waals surface area contributed by atoms with Gasteiger partial charge in [0, 0.05) is 80.8 Å². The number of ketones is 2. The number of aromatic hydroxyl groups is 3. The molecule has 5 unspecified atom stereocenters. The normalized spacial score (nSPS) is 22.4. The van der Waals surface area contributed by atoms with Crippen molar-refractivity contribution in [3.63, 3.8) is 0 Å². The van der Waals surface area contributed by atoms with E-state index in [1.807, 2.05) is 47.3 Å². The molecule has 0 radical (unpaired) electrons. The van der Waals surface area contributed by atoms with E-state index in [9.17, 15) is 34.8 Å². The number of carbonyl (C=O) groups is 3. The Bertz CT molecular complexity index is 2790. The number of nitrogens with one attached hydrogen (secondary N) is 2. The van der Waals surface area contributed by atoms with Crippen molar-refractivity contribution in [3.8, 4) is 23.0 Å². The van der Waals surface area contributed by atoms with Crippen LogP contribution in [0.2, 0.25) is 0 Å². The molecule has 1 spiro atoms. The number of Topliss-reactive ketones (excluding diaryl/α,β-unsaturated/α-hetero) is 2. The van der Waals surface area contributed by atoms with Crippen LogP contribution < -0.4 is 15.0 Å². The van der Waals surface area contributed by atoms with Gasteiger partial charge in [0.1, 0.15) is 29.2 Å². The van der Waals surface area contributed by atoms with Crippen molar-refractivity contribution < 1.29 is 44.3 Å². The first kappa shape index (κ1) is 46.5. The average molecular weight is 909 g/mol. The molecule has 1 aliphatic carbocycles. The van der Waals surface area contributed by atoms with Gasteiger partial charge in [0.25, 0.3) is 0 Å². The van der Waals surface area contributed by atoms with Gasteiger partial charge in [0.15, 0.2) is 11.5 Å². The van der Waals surface area contributed by atoms with E-state index >= 15 is 0 Å². The quantitative estimate of drug-likeness (QED) is 0.0646. The number of hydrogen-bond donors (Lipinski definition) is 6. The summed E-state index contributed by atoms with van der Waals surface area (Å²) in [7, 11) is 1.38. The third-order valence-electron chi connectivity index (χ3n) is 13.8. The maximum Gasteiger partial charge on any atom is 0.302 e. The van der Waals surface area contributed by atoms with Crippen molar-refractivity contribution >= 4 is 34.0 Å². The number of carbonyl (C=O) groups excluding carboxylic acids is 3. The number of aliphatic hydroxyl groups excluding tert-OH is 1. The summed E-state index contributed by atoms with van der Waals surface area (Å²) in [4.78, 5) is 45.5. The van der Waals surface area contributed by atoms with E-state index in [1.54, 1.807) is 19.1 Å². The largest absolute Gasteiger partial charge is 0.508 e. The summed E-state index contributed by atoms with van der Waals surface area (Å²) in [6.45, 7) is 5.65. The molecule has 13 nitrogen and oxygen atoms in total. The topological polar surface area (TPSA) is 187 Å². The Balaban J connectivity index is 1.34. The first-order chi connectivity index (χ1) is 32.2. The molecular weight excluding hydrogens is 849 g/mol. The molecule has 67 heavy (non-hydrogen) atoms. The van der Waals surface area contributed by atoms with Crippen molar-refractivity contribution in [2.75, 3.05) is 25.1 Å². The fraction of sp³-hybridized carbons (Fsp3) is 0.352. The number of fused-ring (bicyclic) bond motifs is 3. The molecule has 0 saturated heterocycles. The molecule has 13 heteroatoms. The lowest BCUT2D eigenvalue weighted by atomic mass is 9.66. The van der Waals surface area contributed by atoms with Crippen molar-refractivity contribution in [2.45, 2.75) is 90.4 Å². The van der Waals surface area contributed by atoms with Crippen LogP contribution in [0.5, 0.6) is 23.0 Å². The Hall–Kier alpha value is -6.99.